The number of hydrogen-bond donors (Lipinski definition) is 4. The Balaban J connectivity index is 3.81. The molecule has 0 aromatic rings. The zero-order chi connectivity index (χ0) is 11.0. The van der Waals surface area contributed by atoms with Crippen LogP contribution in [0.15, 0.2) is 0 Å². The van der Waals surface area contributed by atoms with E-state index in [1.165, 1.54) is 0 Å². The van der Waals surface area contributed by atoms with Gasteiger partial charge in [0.05, 0.1) is 19.3 Å². The van der Waals surface area contributed by atoms with Crippen LogP contribution >= 0.6 is 0 Å². The molecule has 14 heavy (non-hydrogen) atoms. The molecule has 5 heteroatoms. The van der Waals surface area contributed by atoms with Crippen LogP contribution in [0.4, 0.5) is 0 Å². The first kappa shape index (κ1) is 13.4. The van der Waals surface area contributed by atoms with Gasteiger partial charge in [-0.05, 0) is 6.54 Å². The number of hydrogen-bond acceptors (Lipinski definition) is 4. The highest BCUT2D eigenvalue weighted by Crippen LogP contribution is 1.93. The zero-order valence-corrected chi connectivity index (χ0v) is 8.79. The smallest absolute Gasteiger partial charge is 0.224 e. The molecule has 0 aromatic carbocycles. The summed E-state index contributed by atoms with van der Waals surface area (Å²) >= 11 is 0. The van der Waals surface area contributed by atoms with Crippen molar-refractivity contribution in [3.63, 3.8) is 0 Å². The molecule has 0 aliphatic rings. The molecule has 0 aliphatic heterocycles. The molecule has 0 aromatic heterocycles. The van der Waals surface area contributed by atoms with Gasteiger partial charge in [-0.1, -0.05) is 13.8 Å². The highest BCUT2D eigenvalue weighted by Gasteiger charge is 2.15. The van der Waals surface area contributed by atoms with Crippen molar-refractivity contribution in [3.05, 3.63) is 0 Å². The molecule has 0 heterocycles. The maximum atomic E-state index is 11.4. The van der Waals surface area contributed by atoms with Crippen molar-refractivity contribution in [3.8, 4) is 0 Å². The SMILES string of the molecule is CCNCC(C)C(=O)NC(CO)CO. The Bertz CT molecular complexity index is 160. The molecule has 0 radical (unpaired) electrons. The Labute approximate surface area is 84.5 Å². The van der Waals surface area contributed by atoms with Gasteiger partial charge in [0.15, 0.2) is 0 Å². The van der Waals surface area contributed by atoms with Crippen LogP contribution in [0.2, 0.25) is 0 Å². The Morgan fingerprint density at radius 1 is 1.36 bits per heavy atom. The molecule has 0 saturated heterocycles. The van der Waals surface area contributed by atoms with E-state index in [1.54, 1.807) is 6.92 Å². The van der Waals surface area contributed by atoms with Crippen molar-refractivity contribution < 1.29 is 15.0 Å². The zero-order valence-electron chi connectivity index (χ0n) is 8.79. The summed E-state index contributed by atoms with van der Waals surface area (Å²) in [7, 11) is 0. The predicted octanol–water partition coefficient (Wildman–Crippen LogP) is -1.30. The Morgan fingerprint density at radius 3 is 2.36 bits per heavy atom. The average Bonchev–Trinajstić information content (AvgIpc) is 2.21. The second kappa shape index (κ2) is 7.73. The third-order valence-corrected chi connectivity index (χ3v) is 1.94. The minimum absolute atomic E-state index is 0.154. The van der Waals surface area contributed by atoms with Crippen LogP contribution in [-0.2, 0) is 4.79 Å². The van der Waals surface area contributed by atoms with Crippen molar-refractivity contribution in [2.45, 2.75) is 19.9 Å². The molecule has 0 fully saturated rings. The maximum absolute atomic E-state index is 11.4. The van der Waals surface area contributed by atoms with Crippen LogP contribution in [0, 0.1) is 5.92 Å². The number of rotatable bonds is 7. The van der Waals surface area contributed by atoms with Crippen LogP contribution in [0.3, 0.4) is 0 Å². The standard InChI is InChI=1S/C9H20N2O3/c1-3-10-4-7(2)9(14)11-8(5-12)6-13/h7-8,10,12-13H,3-6H2,1-2H3,(H,11,14). The Hall–Kier alpha value is -0.650. The van der Waals surface area contributed by atoms with Gasteiger partial charge in [0, 0.05) is 12.5 Å². The largest absolute Gasteiger partial charge is 0.394 e. The number of nitrogens with one attached hydrogen (secondary N) is 2. The van der Waals surface area contributed by atoms with Crippen LogP contribution < -0.4 is 10.6 Å². The summed E-state index contributed by atoms with van der Waals surface area (Å²) in [6.45, 7) is 4.71. The van der Waals surface area contributed by atoms with Gasteiger partial charge in [-0.3, -0.25) is 4.79 Å². The molecule has 0 spiro atoms. The van der Waals surface area contributed by atoms with Gasteiger partial charge >= 0.3 is 0 Å². The van der Waals surface area contributed by atoms with Crippen molar-refractivity contribution in [2.24, 2.45) is 5.92 Å². The molecule has 0 aliphatic carbocycles. The minimum atomic E-state index is -0.549. The molecule has 0 saturated carbocycles. The molecule has 4 N–H and O–H groups in total. The molecule has 1 amide bonds. The highest BCUT2D eigenvalue weighted by atomic mass is 16.3. The van der Waals surface area contributed by atoms with E-state index in [1.807, 2.05) is 6.92 Å². The number of amides is 1. The molecule has 1 atom stereocenters. The van der Waals surface area contributed by atoms with E-state index < -0.39 is 6.04 Å². The fourth-order valence-corrected chi connectivity index (χ4v) is 0.946. The number of aliphatic hydroxyl groups is 2. The average molecular weight is 204 g/mol. The van der Waals surface area contributed by atoms with Gasteiger partial charge in [0.1, 0.15) is 0 Å². The van der Waals surface area contributed by atoms with E-state index >= 15 is 0 Å². The Kier molecular flexibility index (Phi) is 7.37. The molecule has 84 valence electrons. The molecular weight excluding hydrogens is 184 g/mol. The molecule has 1 unspecified atom stereocenters. The third kappa shape index (κ3) is 5.16. The first-order valence-corrected chi connectivity index (χ1v) is 4.88. The topological polar surface area (TPSA) is 81.6 Å². The monoisotopic (exact) mass is 204 g/mol. The van der Waals surface area contributed by atoms with E-state index in [2.05, 4.69) is 10.6 Å². The molecule has 0 bridgehead atoms. The van der Waals surface area contributed by atoms with Gasteiger partial charge in [-0.15, -0.1) is 0 Å². The third-order valence-electron chi connectivity index (χ3n) is 1.94. The lowest BCUT2D eigenvalue weighted by Gasteiger charge is -2.17. The molecular formula is C9H20N2O3. The lowest BCUT2D eigenvalue weighted by Crippen LogP contribution is -2.44. The number of aliphatic hydroxyl groups excluding tert-OH is 2. The number of carbonyl (C=O) groups excluding carboxylic acids is 1. The maximum Gasteiger partial charge on any atom is 0.224 e. The summed E-state index contributed by atoms with van der Waals surface area (Å²) in [5.41, 5.74) is 0. The van der Waals surface area contributed by atoms with Gasteiger partial charge < -0.3 is 20.8 Å². The minimum Gasteiger partial charge on any atom is -0.394 e. The van der Waals surface area contributed by atoms with Crippen molar-refractivity contribution in [1.82, 2.24) is 10.6 Å². The van der Waals surface area contributed by atoms with Crippen LogP contribution in [-0.4, -0.2) is 48.5 Å². The van der Waals surface area contributed by atoms with Gasteiger partial charge in [0.2, 0.25) is 5.91 Å². The van der Waals surface area contributed by atoms with Gasteiger partial charge in [-0.2, -0.15) is 0 Å². The van der Waals surface area contributed by atoms with E-state index in [4.69, 9.17) is 10.2 Å². The summed E-state index contributed by atoms with van der Waals surface area (Å²) in [6.07, 6.45) is 0. The summed E-state index contributed by atoms with van der Waals surface area (Å²) in [6, 6.07) is -0.549. The van der Waals surface area contributed by atoms with Crippen LogP contribution in [0.1, 0.15) is 13.8 Å². The van der Waals surface area contributed by atoms with E-state index in [0.717, 1.165) is 6.54 Å². The first-order valence-electron chi connectivity index (χ1n) is 4.88. The summed E-state index contributed by atoms with van der Waals surface area (Å²) in [4.78, 5) is 11.4. The summed E-state index contributed by atoms with van der Waals surface area (Å²) in [5.74, 6) is -0.311. The van der Waals surface area contributed by atoms with E-state index in [-0.39, 0.29) is 25.0 Å². The molecule has 0 rings (SSSR count). The van der Waals surface area contributed by atoms with Crippen LogP contribution in [0.25, 0.3) is 0 Å². The Morgan fingerprint density at radius 2 is 1.93 bits per heavy atom. The summed E-state index contributed by atoms with van der Waals surface area (Å²) in [5, 5.41) is 23.1. The molecule has 5 nitrogen and oxygen atoms in total. The van der Waals surface area contributed by atoms with E-state index in [0.29, 0.717) is 6.54 Å². The van der Waals surface area contributed by atoms with Crippen molar-refractivity contribution >= 4 is 5.91 Å². The normalized spacial score (nSPS) is 12.9. The van der Waals surface area contributed by atoms with E-state index in [9.17, 15) is 4.79 Å². The second-order valence-electron chi connectivity index (χ2n) is 3.28. The summed E-state index contributed by atoms with van der Waals surface area (Å²) < 4.78 is 0. The lowest BCUT2D eigenvalue weighted by molar-refractivity contribution is -0.125. The van der Waals surface area contributed by atoms with Gasteiger partial charge in [-0.25, -0.2) is 0 Å². The highest BCUT2D eigenvalue weighted by molar-refractivity contribution is 5.78. The fourth-order valence-electron chi connectivity index (χ4n) is 0.946. The fraction of sp³-hybridized carbons (Fsp3) is 0.889. The first-order chi connectivity index (χ1) is 6.65. The van der Waals surface area contributed by atoms with Crippen molar-refractivity contribution in [1.29, 1.82) is 0 Å². The number of carbonyl (C=O) groups is 1. The predicted molar refractivity (Wildman–Crippen MR) is 53.8 cm³/mol. The second-order valence-corrected chi connectivity index (χ2v) is 3.28. The van der Waals surface area contributed by atoms with Gasteiger partial charge in [0.25, 0.3) is 0 Å². The lowest BCUT2D eigenvalue weighted by atomic mass is 10.1. The van der Waals surface area contributed by atoms with Crippen LogP contribution in [0.5, 0.6) is 0 Å². The van der Waals surface area contributed by atoms with Crippen molar-refractivity contribution in [2.75, 3.05) is 26.3 Å². The quantitative estimate of drug-likeness (QED) is 0.415.